The summed E-state index contributed by atoms with van der Waals surface area (Å²) >= 11 is 0. The molecule has 1 aliphatic heterocycles. The van der Waals surface area contributed by atoms with Crippen molar-refractivity contribution in [3.05, 3.63) is 32.6 Å². The van der Waals surface area contributed by atoms with Gasteiger partial charge >= 0.3 is 13.3 Å². The lowest BCUT2D eigenvalue weighted by Crippen LogP contribution is -2.46. The molecule has 2 heterocycles. The molecule has 1 aliphatic rings. The zero-order valence-electron chi connectivity index (χ0n) is 20.2. The van der Waals surface area contributed by atoms with Gasteiger partial charge in [-0.1, -0.05) is 27.7 Å². The highest BCUT2D eigenvalue weighted by atomic mass is 31.2. The van der Waals surface area contributed by atoms with E-state index in [-0.39, 0.29) is 19.3 Å². The number of carbonyl (C=O) groups excluding carboxylic acids is 1. The van der Waals surface area contributed by atoms with Crippen LogP contribution >= 0.6 is 7.60 Å². The highest BCUT2D eigenvalue weighted by molar-refractivity contribution is 7.53. The maximum absolute atomic E-state index is 12.2. The number of hydrogen-bond donors (Lipinski definition) is 6. The summed E-state index contributed by atoms with van der Waals surface area (Å²) in [6, 6.07) is 0. The Morgan fingerprint density at radius 2 is 1.83 bits per heavy atom. The molecule has 0 spiro atoms. The zero-order valence-corrected chi connectivity index (χ0v) is 21.1. The summed E-state index contributed by atoms with van der Waals surface area (Å²) in [4.78, 5) is 60.3. The first-order chi connectivity index (χ1) is 16.1. The number of nitrogens with one attached hydrogen (secondary N) is 1. The van der Waals surface area contributed by atoms with E-state index >= 15 is 0 Å². The molecule has 2 rings (SSSR count). The largest absolute Gasteiger partial charge is 0.394 e. The molecule has 0 aromatic carbocycles. The minimum Gasteiger partial charge on any atom is -0.394 e. The van der Waals surface area contributed by atoms with Crippen LogP contribution in [0.25, 0.3) is 0 Å². The molecule has 35 heavy (non-hydrogen) atoms. The number of hydrogen-bond acceptors (Lipinski definition) is 10. The van der Waals surface area contributed by atoms with Crippen LogP contribution in [0.5, 0.6) is 0 Å². The molecule has 0 amide bonds. The van der Waals surface area contributed by atoms with Crippen LogP contribution in [-0.4, -0.2) is 84.3 Å². The molecule has 0 bridgehead atoms. The molecular weight excluding hydrogens is 491 g/mol. The topological polar surface area (TPSA) is 218 Å². The maximum atomic E-state index is 12.2. The van der Waals surface area contributed by atoms with Crippen molar-refractivity contribution in [2.45, 2.75) is 71.0 Å². The highest BCUT2D eigenvalue weighted by Crippen LogP contribution is 2.59. The molecule has 15 heteroatoms. The smallest absolute Gasteiger partial charge is 0.361 e. The molecule has 1 aromatic rings. The molecular formula is C20H35N2O12P. The number of aryl methyl sites for hydroxylation is 1. The Balaban J connectivity index is 0.000000658. The summed E-state index contributed by atoms with van der Waals surface area (Å²) in [5.41, 5.74) is -0.957. The standard InChI is InChI=1S/C16H27N2O8P.C4H8O4/c1-9(2)16(10(3)4,27(21,22)23)25-12-6-13(24-8-12)26-18-7-11(5)14(19)17-15(18)20;5-1-3(7)4(8)2-6/h7,9-10,12-13H,6,8H2,1-5H3,(H,17,19,20)(H2,21,22,23);1,3-4,6-8H,2H2/t12-,13?;3-,4-/m01/s1. The maximum Gasteiger partial charge on any atom is 0.361 e. The van der Waals surface area contributed by atoms with Crippen LogP contribution in [0.1, 0.15) is 39.7 Å². The van der Waals surface area contributed by atoms with E-state index in [0.29, 0.717) is 5.56 Å². The summed E-state index contributed by atoms with van der Waals surface area (Å²) in [5, 5.41) is 23.2. The van der Waals surface area contributed by atoms with E-state index in [2.05, 4.69) is 4.98 Å². The predicted octanol–water partition coefficient (Wildman–Crippen LogP) is -1.51. The number of nitrogens with zero attached hydrogens (tertiary/aromatic N) is 1. The first kappa shape index (κ1) is 31.1. The van der Waals surface area contributed by atoms with Crippen LogP contribution in [0.2, 0.25) is 0 Å². The summed E-state index contributed by atoms with van der Waals surface area (Å²) in [7, 11) is -4.59. The third-order valence-electron chi connectivity index (χ3n) is 5.43. The van der Waals surface area contributed by atoms with Crippen molar-refractivity contribution < 1.29 is 48.8 Å². The van der Waals surface area contributed by atoms with Crippen molar-refractivity contribution in [2.24, 2.45) is 11.8 Å². The Bertz CT molecular complexity index is 977. The summed E-state index contributed by atoms with van der Waals surface area (Å²) in [6.07, 6.45) is -2.68. The molecule has 0 aliphatic carbocycles. The summed E-state index contributed by atoms with van der Waals surface area (Å²) in [5.74, 6) is -0.884. The number of carbonyl (C=O) groups is 1. The normalized spacial score (nSPS) is 20.3. The number of aromatic amines is 1. The number of aldehydes is 1. The lowest BCUT2D eigenvalue weighted by Gasteiger charge is -2.42. The minimum atomic E-state index is -4.59. The van der Waals surface area contributed by atoms with Crippen molar-refractivity contribution >= 4 is 13.9 Å². The van der Waals surface area contributed by atoms with Crippen molar-refractivity contribution in [2.75, 3.05) is 13.2 Å². The third kappa shape index (κ3) is 7.79. The van der Waals surface area contributed by atoms with Gasteiger partial charge in [-0.05, 0) is 18.8 Å². The second kappa shape index (κ2) is 12.9. The van der Waals surface area contributed by atoms with E-state index in [1.54, 1.807) is 27.7 Å². The van der Waals surface area contributed by atoms with Gasteiger partial charge < -0.3 is 44.2 Å². The fraction of sp³-hybridized carbons (Fsp3) is 0.750. The van der Waals surface area contributed by atoms with Gasteiger partial charge in [0.1, 0.15) is 12.2 Å². The van der Waals surface area contributed by atoms with Crippen LogP contribution in [0, 0.1) is 18.8 Å². The second-order valence-corrected chi connectivity index (χ2v) is 10.5. The van der Waals surface area contributed by atoms with Crippen molar-refractivity contribution in [1.29, 1.82) is 0 Å². The molecule has 6 N–H and O–H groups in total. The molecule has 1 unspecified atom stereocenters. The molecule has 4 atom stereocenters. The SMILES string of the molecule is Cc1cn(OC2C[C@H](OC(C(C)C)(C(C)C)P(=O)(O)O)CO2)c(=O)[nH]c1=O.O=C[C@@H](O)[C@H](O)CO. The van der Waals surface area contributed by atoms with Gasteiger partial charge in [0.05, 0.1) is 25.5 Å². The molecule has 1 aromatic heterocycles. The van der Waals surface area contributed by atoms with E-state index in [0.717, 1.165) is 4.73 Å². The van der Waals surface area contributed by atoms with Crippen LogP contribution < -0.4 is 16.1 Å². The average Bonchev–Trinajstić information content (AvgIpc) is 3.20. The van der Waals surface area contributed by atoms with E-state index < -0.39 is 67.2 Å². The fourth-order valence-electron chi connectivity index (χ4n) is 3.62. The molecule has 0 radical (unpaired) electrons. The van der Waals surface area contributed by atoms with Crippen molar-refractivity contribution in [3.63, 3.8) is 0 Å². The predicted molar refractivity (Wildman–Crippen MR) is 121 cm³/mol. The number of ether oxygens (including phenoxy) is 2. The molecule has 14 nitrogen and oxygen atoms in total. The Morgan fingerprint density at radius 3 is 2.26 bits per heavy atom. The van der Waals surface area contributed by atoms with E-state index in [1.807, 2.05) is 0 Å². The number of aliphatic hydroxyl groups is 3. The number of aromatic nitrogens is 2. The lowest BCUT2D eigenvalue weighted by molar-refractivity contribution is -0.121. The minimum absolute atomic E-state index is 0.0585. The van der Waals surface area contributed by atoms with Gasteiger partial charge in [-0.2, -0.15) is 0 Å². The molecule has 1 fully saturated rings. The lowest BCUT2D eigenvalue weighted by atomic mass is 9.94. The van der Waals surface area contributed by atoms with E-state index in [4.69, 9.17) is 29.6 Å². The monoisotopic (exact) mass is 526 g/mol. The third-order valence-corrected chi connectivity index (χ3v) is 7.48. The Morgan fingerprint density at radius 1 is 1.26 bits per heavy atom. The van der Waals surface area contributed by atoms with Gasteiger partial charge in [0, 0.05) is 12.0 Å². The Hall–Kier alpha value is -1.90. The molecule has 1 saturated heterocycles. The fourth-order valence-corrected chi connectivity index (χ4v) is 5.25. The van der Waals surface area contributed by atoms with Crippen LogP contribution in [0.4, 0.5) is 0 Å². The number of rotatable bonds is 10. The van der Waals surface area contributed by atoms with Gasteiger partial charge in [0.15, 0.2) is 11.6 Å². The van der Waals surface area contributed by atoms with Gasteiger partial charge in [-0.15, -0.1) is 4.73 Å². The van der Waals surface area contributed by atoms with Crippen LogP contribution in [-0.2, 0) is 18.8 Å². The average molecular weight is 526 g/mol. The number of aliphatic hydroxyl groups excluding tert-OH is 3. The first-order valence-corrected chi connectivity index (χ1v) is 12.5. The van der Waals surface area contributed by atoms with Crippen molar-refractivity contribution in [1.82, 2.24) is 9.71 Å². The van der Waals surface area contributed by atoms with Gasteiger partial charge in [-0.3, -0.25) is 14.3 Å². The van der Waals surface area contributed by atoms with Gasteiger partial charge in [0.25, 0.3) is 5.56 Å². The first-order valence-electron chi connectivity index (χ1n) is 10.9. The van der Waals surface area contributed by atoms with Crippen LogP contribution in [0.3, 0.4) is 0 Å². The molecule has 202 valence electrons. The van der Waals surface area contributed by atoms with Crippen molar-refractivity contribution in [3.8, 4) is 0 Å². The summed E-state index contributed by atoms with van der Waals surface area (Å²) in [6.45, 7) is 7.79. The Kier molecular flexibility index (Phi) is 11.5. The molecule has 0 saturated carbocycles. The van der Waals surface area contributed by atoms with E-state index in [1.165, 1.54) is 13.1 Å². The zero-order chi connectivity index (χ0) is 27.1. The van der Waals surface area contributed by atoms with E-state index in [9.17, 15) is 28.7 Å². The number of H-pyrrole nitrogens is 1. The Labute approximate surface area is 201 Å². The quantitative estimate of drug-likeness (QED) is 0.151. The summed E-state index contributed by atoms with van der Waals surface area (Å²) < 4.78 is 24.5. The van der Waals surface area contributed by atoms with Gasteiger partial charge in [0.2, 0.25) is 6.29 Å². The van der Waals surface area contributed by atoms with Crippen LogP contribution in [0.15, 0.2) is 15.8 Å². The highest BCUT2D eigenvalue weighted by Gasteiger charge is 2.55. The second-order valence-electron chi connectivity index (χ2n) is 8.72. The van der Waals surface area contributed by atoms with Gasteiger partial charge in [-0.25, -0.2) is 4.79 Å².